The summed E-state index contributed by atoms with van der Waals surface area (Å²) >= 11 is 0. The highest BCUT2D eigenvalue weighted by Gasteiger charge is 2.62. The average Bonchev–Trinajstić information content (AvgIpc) is 3.14. The van der Waals surface area contributed by atoms with Gasteiger partial charge in [-0.3, -0.25) is 0 Å². The molecule has 0 aliphatic heterocycles. The van der Waals surface area contributed by atoms with E-state index in [-0.39, 0.29) is 0 Å². The fourth-order valence-electron chi connectivity index (χ4n) is 5.18. The quantitative estimate of drug-likeness (QED) is 0.611. The lowest BCUT2D eigenvalue weighted by molar-refractivity contribution is 0.317. The first-order valence-corrected chi connectivity index (χ1v) is 8.50. The van der Waals surface area contributed by atoms with Crippen LogP contribution in [0, 0.1) is 16.7 Å². The summed E-state index contributed by atoms with van der Waals surface area (Å²) in [5, 5.41) is 0. The molecule has 1 spiro atoms. The molecule has 106 valence electrons. The van der Waals surface area contributed by atoms with Crippen LogP contribution >= 0.6 is 0 Å². The fraction of sp³-hybridized carbons (Fsp3) is 0.600. The van der Waals surface area contributed by atoms with Crippen LogP contribution in [0.2, 0.25) is 0 Å². The molecule has 4 aliphatic rings. The van der Waals surface area contributed by atoms with Crippen LogP contribution in [0.25, 0.3) is 0 Å². The predicted octanol–water partition coefficient (Wildman–Crippen LogP) is 5.74. The van der Waals surface area contributed by atoms with Crippen LogP contribution in [-0.2, 0) is 0 Å². The van der Waals surface area contributed by atoms with Crippen molar-refractivity contribution in [1.82, 2.24) is 0 Å². The zero-order valence-electron chi connectivity index (χ0n) is 12.9. The molecule has 0 nitrogen and oxygen atoms in total. The molecule has 0 radical (unpaired) electrons. The molecule has 0 bridgehead atoms. The topological polar surface area (TPSA) is 0 Å². The van der Waals surface area contributed by atoms with Gasteiger partial charge in [0, 0.05) is 5.41 Å². The van der Waals surface area contributed by atoms with Crippen LogP contribution in [0.15, 0.2) is 47.1 Å². The number of allylic oxidation sites excluding steroid dienone is 8. The summed E-state index contributed by atoms with van der Waals surface area (Å²) in [6, 6.07) is 0. The minimum absolute atomic E-state index is 0.307. The van der Waals surface area contributed by atoms with Crippen LogP contribution in [0.5, 0.6) is 0 Å². The summed E-state index contributed by atoms with van der Waals surface area (Å²) < 4.78 is 0. The molecule has 0 saturated heterocycles. The van der Waals surface area contributed by atoms with Gasteiger partial charge in [-0.2, -0.15) is 0 Å². The van der Waals surface area contributed by atoms with Gasteiger partial charge in [0.2, 0.25) is 0 Å². The first kappa shape index (κ1) is 12.7. The highest BCUT2D eigenvalue weighted by Crippen LogP contribution is 2.72. The smallest absolute Gasteiger partial charge is 0.0118 e. The molecule has 20 heavy (non-hydrogen) atoms. The number of rotatable bonds is 3. The number of unbranched alkanes of at least 4 members (excludes halogenated alkanes) is 1. The van der Waals surface area contributed by atoms with Gasteiger partial charge < -0.3 is 0 Å². The molecule has 1 fully saturated rings. The van der Waals surface area contributed by atoms with E-state index < -0.39 is 0 Å². The molecule has 0 amide bonds. The Labute approximate surface area is 123 Å². The van der Waals surface area contributed by atoms with E-state index in [0.29, 0.717) is 10.8 Å². The number of hydrogen-bond donors (Lipinski definition) is 0. The van der Waals surface area contributed by atoms with Gasteiger partial charge >= 0.3 is 0 Å². The fourth-order valence-corrected chi connectivity index (χ4v) is 5.18. The van der Waals surface area contributed by atoms with E-state index in [1.54, 1.807) is 16.7 Å². The summed E-state index contributed by atoms with van der Waals surface area (Å²) in [6.07, 6.45) is 21.5. The summed E-state index contributed by atoms with van der Waals surface area (Å²) in [4.78, 5) is 0. The Kier molecular flexibility index (Phi) is 2.68. The Bertz CT molecular complexity index is 557. The highest BCUT2D eigenvalue weighted by molar-refractivity contribution is 5.57. The van der Waals surface area contributed by atoms with Gasteiger partial charge in [0.15, 0.2) is 0 Å². The summed E-state index contributed by atoms with van der Waals surface area (Å²) in [5.74, 6) is 0.997. The van der Waals surface area contributed by atoms with E-state index in [9.17, 15) is 0 Å². The maximum atomic E-state index is 2.60. The van der Waals surface area contributed by atoms with Gasteiger partial charge in [-0.25, -0.2) is 0 Å². The first-order valence-electron chi connectivity index (χ1n) is 8.50. The van der Waals surface area contributed by atoms with Crippen molar-refractivity contribution in [3.63, 3.8) is 0 Å². The highest BCUT2D eigenvalue weighted by atomic mass is 14.7. The Morgan fingerprint density at radius 1 is 1.30 bits per heavy atom. The zero-order valence-corrected chi connectivity index (χ0v) is 12.9. The van der Waals surface area contributed by atoms with Crippen LogP contribution in [0.3, 0.4) is 0 Å². The molecule has 3 atom stereocenters. The Morgan fingerprint density at radius 2 is 2.20 bits per heavy atom. The molecular formula is C20H26. The summed E-state index contributed by atoms with van der Waals surface area (Å²) in [6.45, 7) is 4.79. The minimum atomic E-state index is 0.307. The van der Waals surface area contributed by atoms with Crippen molar-refractivity contribution in [2.45, 2.75) is 58.8 Å². The molecule has 0 aromatic rings. The maximum absolute atomic E-state index is 2.60. The second-order valence-electron chi connectivity index (χ2n) is 7.56. The van der Waals surface area contributed by atoms with Crippen molar-refractivity contribution in [2.24, 2.45) is 16.7 Å². The second kappa shape index (κ2) is 4.23. The molecule has 0 N–H and O–H groups in total. The predicted molar refractivity (Wildman–Crippen MR) is 85.4 cm³/mol. The van der Waals surface area contributed by atoms with E-state index in [4.69, 9.17) is 0 Å². The summed E-state index contributed by atoms with van der Waals surface area (Å²) in [5.41, 5.74) is 6.02. The lowest BCUT2D eigenvalue weighted by Gasteiger charge is -2.44. The SMILES string of the molecule is CCCCC1=C2C=CC=CC2(C)CC23CC2CCC=C13. The van der Waals surface area contributed by atoms with Crippen LogP contribution < -0.4 is 0 Å². The van der Waals surface area contributed by atoms with E-state index in [1.165, 1.54) is 44.9 Å². The third-order valence-electron chi connectivity index (χ3n) is 6.20. The average molecular weight is 266 g/mol. The third-order valence-corrected chi connectivity index (χ3v) is 6.20. The van der Waals surface area contributed by atoms with Gasteiger partial charge in [-0.15, -0.1) is 0 Å². The van der Waals surface area contributed by atoms with Gasteiger partial charge in [-0.1, -0.05) is 50.6 Å². The molecule has 1 saturated carbocycles. The van der Waals surface area contributed by atoms with Crippen molar-refractivity contribution in [2.75, 3.05) is 0 Å². The van der Waals surface area contributed by atoms with Crippen molar-refractivity contribution < 1.29 is 0 Å². The molecule has 0 aromatic heterocycles. The molecule has 0 aromatic carbocycles. The van der Waals surface area contributed by atoms with Crippen LogP contribution in [0.1, 0.15) is 58.8 Å². The molecule has 0 heteroatoms. The molecule has 0 heterocycles. The van der Waals surface area contributed by atoms with Gasteiger partial charge in [0.05, 0.1) is 0 Å². The van der Waals surface area contributed by atoms with Gasteiger partial charge in [-0.05, 0) is 66.6 Å². The second-order valence-corrected chi connectivity index (χ2v) is 7.56. The Hall–Kier alpha value is -1.04. The van der Waals surface area contributed by atoms with Crippen molar-refractivity contribution in [1.29, 1.82) is 0 Å². The lowest BCUT2D eigenvalue weighted by Crippen LogP contribution is -2.32. The monoisotopic (exact) mass is 266 g/mol. The Balaban J connectivity index is 1.85. The third kappa shape index (κ3) is 1.60. The van der Waals surface area contributed by atoms with Crippen LogP contribution in [-0.4, -0.2) is 0 Å². The maximum Gasteiger partial charge on any atom is 0.0118 e. The van der Waals surface area contributed by atoms with E-state index in [1.807, 2.05) is 0 Å². The Morgan fingerprint density at radius 3 is 3.05 bits per heavy atom. The van der Waals surface area contributed by atoms with Crippen molar-refractivity contribution in [3.05, 3.63) is 47.1 Å². The standard InChI is InChI=1S/C20H26/c1-3-4-9-16-17-10-5-6-12-19(17,2)14-20-13-15(20)8-7-11-18(16)20/h5-6,10-12,15H,3-4,7-9,13-14H2,1-2H3. The first-order chi connectivity index (χ1) is 9.70. The normalized spacial score (nSPS) is 40.9. The van der Waals surface area contributed by atoms with Gasteiger partial charge in [0.25, 0.3) is 0 Å². The number of fused-ring (bicyclic) bond motifs is 1. The largest absolute Gasteiger partial charge is 0.0804 e. The molecule has 4 aliphatic carbocycles. The lowest BCUT2D eigenvalue weighted by atomic mass is 9.60. The number of hydrogen-bond acceptors (Lipinski definition) is 0. The minimum Gasteiger partial charge on any atom is -0.0804 e. The van der Waals surface area contributed by atoms with E-state index >= 15 is 0 Å². The summed E-state index contributed by atoms with van der Waals surface area (Å²) in [7, 11) is 0. The molecule has 3 unspecified atom stereocenters. The van der Waals surface area contributed by atoms with Crippen molar-refractivity contribution in [3.8, 4) is 0 Å². The van der Waals surface area contributed by atoms with Crippen LogP contribution in [0.4, 0.5) is 0 Å². The zero-order chi connectivity index (χ0) is 13.8. The van der Waals surface area contributed by atoms with Gasteiger partial charge in [0.1, 0.15) is 0 Å². The molecular weight excluding hydrogens is 240 g/mol. The van der Waals surface area contributed by atoms with E-state index in [2.05, 4.69) is 44.2 Å². The van der Waals surface area contributed by atoms with Crippen molar-refractivity contribution >= 4 is 0 Å². The molecule has 4 rings (SSSR count). The van der Waals surface area contributed by atoms with E-state index in [0.717, 1.165) is 5.92 Å².